The lowest BCUT2D eigenvalue weighted by atomic mass is 10.4. The molecule has 0 heterocycles. The van der Waals surface area contributed by atoms with Crippen molar-refractivity contribution in [3.05, 3.63) is 12.2 Å². The maximum absolute atomic E-state index is 11.0. The van der Waals surface area contributed by atoms with Gasteiger partial charge in [-0.05, 0) is 13.0 Å². The molecule has 0 amide bonds. The van der Waals surface area contributed by atoms with Crippen molar-refractivity contribution in [3.63, 3.8) is 0 Å². The van der Waals surface area contributed by atoms with Crippen molar-refractivity contribution in [3.8, 4) is 0 Å². The lowest BCUT2D eigenvalue weighted by molar-refractivity contribution is -0.138. The molecule has 0 bridgehead atoms. The molecule has 0 N–H and O–H groups in total. The third-order valence-electron chi connectivity index (χ3n) is 1.67. The van der Waals surface area contributed by atoms with E-state index in [1.165, 1.54) is 0 Å². The molecular weight excluding hydrogens is 239 g/mol. The summed E-state index contributed by atoms with van der Waals surface area (Å²) in [6, 6.07) is 1.42. The summed E-state index contributed by atoms with van der Waals surface area (Å²) >= 11 is 12.2. The largest absolute Gasteiger partial charge is 0.463 e. The first-order chi connectivity index (χ1) is 6.39. The van der Waals surface area contributed by atoms with Gasteiger partial charge in [0.2, 0.25) is 0 Å². The van der Waals surface area contributed by atoms with Crippen molar-refractivity contribution in [2.45, 2.75) is 32.4 Å². The fourth-order valence-electron chi connectivity index (χ4n) is 0.907. The van der Waals surface area contributed by atoms with E-state index < -0.39 is 6.69 Å². The first-order valence-electron chi connectivity index (χ1n) is 4.59. The van der Waals surface area contributed by atoms with Crippen molar-refractivity contribution in [2.24, 2.45) is 0 Å². The van der Waals surface area contributed by atoms with E-state index in [-0.39, 0.29) is 5.97 Å². The summed E-state index contributed by atoms with van der Waals surface area (Å²) in [5, 5.41) is 0. The number of hydrogen-bond acceptors (Lipinski definition) is 2. The molecule has 0 rings (SSSR count). The SMILES string of the molecule is C=C(C)C(=O)OCC[Si](Cl)(Cl)CCC. The van der Waals surface area contributed by atoms with Crippen LogP contribution in [0, 0.1) is 0 Å². The van der Waals surface area contributed by atoms with Crippen LogP contribution in [0.3, 0.4) is 0 Å². The molecule has 0 aliphatic heterocycles. The molecule has 0 atom stereocenters. The zero-order chi connectivity index (χ0) is 11.2. The van der Waals surface area contributed by atoms with Crippen LogP contribution in [0.5, 0.6) is 0 Å². The van der Waals surface area contributed by atoms with Crippen molar-refractivity contribution in [1.82, 2.24) is 0 Å². The third kappa shape index (κ3) is 6.46. The standard InChI is InChI=1S/C9H16Cl2O2Si/c1-4-6-14(10,11)7-5-13-9(12)8(2)3/h2,4-7H2,1,3H3. The molecule has 5 heteroatoms. The number of carbonyl (C=O) groups excluding carboxylic acids is 1. The second kappa shape index (κ2) is 6.48. The molecule has 14 heavy (non-hydrogen) atoms. The minimum absolute atomic E-state index is 0.297. The van der Waals surface area contributed by atoms with Crippen LogP contribution in [-0.2, 0) is 9.53 Å². The normalized spacial score (nSPS) is 11.1. The van der Waals surface area contributed by atoms with Crippen LogP contribution >= 0.6 is 22.2 Å². The number of ether oxygens (including phenoxy) is 1. The first kappa shape index (κ1) is 14.0. The van der Waals surface area contributed by atoms with Crippen LogP contribution in [0.15, 0.2) is 12.2 Å². The molecule has 0 aromatic carbocycles. The maximum Gasteiger partial charge on any atom is 0.333 e. The van der Waals surface area contributed by atoms with E-state index in [2.05, 4.69) is 6.58 Å². The van der Waals surface area contributed by atoms with Gasteiger partial charge in [0, 0.05) is 11.6 Å². The van der Waals surface area contributed by atoms with E-state index in [4.69, 9.17) is 26.9 Å². The maximum atomic E-state index is 11.0. The Balaban J connectivity index is 3.73. The van der Waals surface area contributed by atoms with Gasteiger partial charge in [-0.15, -0.1) is 22.2 Å². The number of esters is 1. The van der Waals surface area contributed by atoms with Gasteiger partial charge in [-0.25, -0.2) is 4.79 Å². The summed E-state index contributed by atoms with van der Waals surface area (Å²) in [5.74, 6) is -0.375. The Morgan fingerprint density at radius 1 is 1.43 bits per heavy atom. The van der Waals surface area contributed by atoms with E-state index >= 15 is 0 Å². The molecule has 0 unspecified atom stereocenters. The summed E-state index contributed by atoms with van der Waals surface area (Å²) in [4.78, 5) is 11.0. The Bertz CT molecular complexity index is 217. The molecule has 0 fully saturated rings. The Morgan fingerprint density at radius 2 is 2.00 bits per heavy atom. The summed E-state index contributed by atoms with van der Waals surface area (Å²) in [5.41, 5.74) is 0.400. The minimum Gasteiger partial charge on any atom is -0.463 e. The van der Waals surface area contributed by atoms with Gasteiger partial charge >= 0.3 is 5.97 Å². The van der Waals surface area contributed by atoms with Crippen molar-refractivity contribution in [1.29, 1.82) is 0 Å². The molecule has 0 aliphatic carbocycles. The van der Waals surface area contributed by atoms with E-state index in [0.29, 0.717) is 18.2 Å². The fraction of sp³-hybridized carbons (Fsp3) is 0.667. The molecule has 0 radical (unpaired) electrons. The summed E-state index contributed by atoms with van der Waals surface area (Å²) < 4.78 is 4.91. The lowest BCUT2D eigenvalue weighted by Gasteiger charge is -2.15. The van der Waals surface area contributed by atoms with Crippen LogP contribution < -0.4 is 0 Å². The van der Waals surface area contributed by atoms with Crippen molar-refractivity contribution >= 4 is 34.8 Å². The minimum atomic E-state index is -2.17. The van der Waals surface area contributed by atoms with Gasteiger partial charge in [0.15, 0.2) is 0 Å². The first-order valence-corrected chi connectivity index (χ1v) is 9.03. The molecule has 0 aromatic heterocycles. The monoisotopic (exact) mass is 254 g/mol. The predicted molar refractivity (Wildman–Crippen MR) is 63.1 cm³/mol. The van der Waals surface area contributed by atoms with E-state index in [9.17, 15) is 4.79 Å². The topological polar surface area (TPSA) is 26.3 Å². The highest BCUT2D eigenvalue weighted by Crippen LogP contribution is 2.26. The Morgan fingerprint density at radius 3 is 2.43 bits per heavy atom. The fourth-order valence-corrected chi connectivity index (χ4v) is 3.89. The number of rotatable bonds is 6. The van der Waals surface area contributed by atoms with Gasteiger partial charge in [0.25, 0.3) is 6.69 Å². The van der Waals surface area contributed by atoms with Gasteiger partial charge in [-0.2, -0.15) is 0 Å². The van der Waals surface area contributed by atoms with Crippen LogP contribution in [-0.4, -0.2) is 19.3 Å². The quantitative estimate of drug-likeness (QED) is 0.314. The molecule has 0 aliphatic rings. The number of carbonyl (C=O) groups is 1. The summed E-state index contributed by atoms with van der Waals surface area (Å²) in [7, 11) is 0. The zero-order valence-corrected chi connectivity index (χ0v) is 11.1. The van der Waals surface area contributed by atoms with Crippen molar-refractivity contribution in [2.75, 3.05) is 6.61 Å². The van der Waals surface area contributed by atoms with Gasteiger partial charge in [-0.1, -0.05) is 19.9 Å². The smallest absolute Gasteiger partial charge is 0.333 e. The molecule has 0 saturated heterocycles. The molecule has 0 saturated carbocycles. The van der Waals surface area contributed by atoms with Crippen LogP contribution in [0.2, 0.25) is 12.1 Å². The van der Waals surface area contributed by atoms with E-state index in [0.717, 1.165) is 12.5 Å². The van der Waals surface area contributed by atoms with Gasteiger partial charge in [0.05, 0.1) is 6.61 Å². The van der Waals surface area contributed by atoms with E-state index in [1.807, 2.05) is 6.92 Å². The molecular formula is C9H16Cl2O2Si. The highest BCUT2D eigenvalue weighted by molar-refractivity contribution is 7.45. The Labute approximate surface area is 95.6 Å². The van der Waals surface area contributed by atoms with Crippen LogP contribution in [0.25, 0.3) is 0 Å². The lowest BCUT2D eigenvalue weighted by Crippen LogP contribution is -2.21. The number of halogens is 2. The van der Waals surface area contributed by atoms with Crippen LogP contribution in [0.4, 0.5) is 0 Å². The van der Waals surface area contributed by atoms with Gasteiger partial charge in [0.1, 0.15) is 0 Å². The third-order valence-corrected chi connectivity index (χ3v) is 6.10. The molecule has 0 spiro atoms. The Hall–Kier alpha value is 0.00688. The Kier molecular flexibility index (Phi) is 6.49. The van der Waals surface area contributed by atoms with Crippen molar-refractivity contribution < 1.29 is 9.53 Å². The second-order valence-electron chi connectivity index (χ2n) is 3.27. The summed E-state index contributed by atoms with van der Waals surface area (Å²) in [6.45, 7) is 5.25. The van der Waals surface area contributed by atoms with Crippen LogP contribution in [0.1, 0.15) is 20.3 Å². The second-order valence-corrected chi connectivity index (χ2v) is 10.9. The van der Waals surface area contributed by atoms with Gasteiger partial charge < -0.3 is 4.74 Å². The molecule has 2 nitrogen and oxygen atoms in total. The average Bonchev–Trinajstić information content (AvgIpc) is 2.03. The van der Waals surface area contributed by atoms with E-state index in [1.54, 1.807) is 6.92 Å². The number of hydrogen-bond donors (Lipinski definition) is 0. The predicted octanol–water partition coefficient (Wildman–Crippen LogP) is 3.44. The highest BCUT2D eigenvalue weighted by Gasteiger charge is 2.27. The summed E-state index contributed by atoms with van der Waals surface area (Å²) in [6.07, 6.45) is 0.966. The highest BCUT2D eigenvalue weighted by atomic mass is 35.7. The molecule has 0 aromatic rings. The van der Waals surface area contributed by atoms with Gasteiger partial charge in [-0.3, -0.25) is 0 Å². The average molecular weight is 255 g/mol. The molecule has 82 valence electrons. The zero-order valence-electron chi connectivity index (χ0n) is 8.61.